The van der Waals surface area contributed by atoms with E-state index in [1.807, 2.05) is 31.2 Å². The van der Waals surface area contributed by atoms with E-state index in [1.54, 1.807) is 0 Å². The fourth-order valence-electron chi connectivity index (χ4n) is 3.10. The third-order valence-electron chi connectivity index (χ3n) is 4.40. The molecule has 0 aliphatic heterocycles. The molecule has 6 nitrogen and oxygen atoms in total. The van der Waals surface area contributed by atoms with Crippen LogP contribution in [-0.4, -0.2) is 21.1 Å². The lowest BCUT2D eigenvalue weighted by Gasteiger charge is -2.04. The third-order valence-corrected chi connectivity index (χ3v) is 4.40. The van der Waals surface area contributed by atoms with Crippen LogP contribution >= 0.6 is 0 Å². The van der Waals surface area contributed by atoms with Gasteiger partial charge in [-0.05, 0) is 31.7 Å². The second-order valence-corrected chi connectivity index (χ2v) is 6.06. The number of oxazole rings is 1. The van der Waals surface area contributed by atoms with Crippen molar-refractivity contribution in [2.45, 2.75) is 32.7 Å². The Labute approximate surface area is 139 Å². The molecule has 2 N–H and O–H groups in total. The van der Waals surface area contributed by atoms with Gasteiger partial charge < -0.3 is 9.73 Å². The third kappa shape index (κ3) is 2.60. The molecule has 3 aromatic rings. The topological polar surface area (TPSA) is 83.8 Å². The van der Waals surface area contributed by atoms with Gasteiger partial charge in [0.2, 0.25) is 0 Å². The number of H-pyrrole nitrogens is 1. The molecule has 6 heteroatoms. The SMILES string of the molecule is Cc1ccc(-c2ocnc2C(=O)NCc2n[nH]c3c2CCC3)cc1. The summed E-state index contributed by atoms with van der Waals surface area (Å²) < 4.78 is 5.43. The molecule has 0 atom stereocenters. The van der Waals surface area contributed by atoms with Crippen LogP contribution in [0.4, 0.5) is 0 Å². The van der Waals surface area contributed by atoms with Gasteiger partial charge in [0, 0.05) is 11.3 Å². The first-order chi connectivity index (χ1) is 11.7. The van der Waals surface area contributed by atoms with Gasteiger partial charge in [-0.1, -0.05) is 29.8 Å². The van der Waals surface area contributed by atoms with Crippen molar-refractivity contribution in [3.63, 3.8) is 0 Å². The standard InChI is InChI=1S/C18H18N4O2/c1-11-5-7-12(8-6-11)17-16(20-10-24-17)18(23)19-9-15-13-3-2-4-14(13)21-22-15/h5-8,10H,2-4,9H2,1H3,(H,19,23)(H,21,22). The average molecular weight is 322 g/mol. The largest absolute Gasteiger partial charge is 0.443 e. The summed E-state index contributed by atoms with van der Waals surface area (Å²) in [4.78, 5) is 16.6. The number of hydrogen-bond acceptors (Lipinski definition) is 4. The molecule has 0 bridgehead atoms. The second-order valence-electron chi connectivity index (χ2n) is 6.06. The molecule has 2 aromatic heterocycles. The van der Waals surface area contributed by atoms with Gasteiger partial charge in [-0.15, -0.1) is 0 Å². The fraction of sp³-hybridized carbons (Fsp3) is 0.278. The Balaban J connectivity index is 1.51. The number of aromatic nitrogens is 3. The van der Waals surface area contributed by atoms with Crippen LogP contribution in [0.3, 0.4) is 0 Å². The number of aryl methyl sites for hydroxylation is 2. The Bertz CT molecular complexity index is 877. The molecule has 0 fully saturated rings. The number of amides is 1. The summed E-state index contributed by atoms with van der Waals surface area (Å²) in [5, 5.41) is 10.2. The number of nitrogens with zero attached hydrogens (tertiary/aromatic N) is 2. The van der Waals surface area contributed by atoms with Crippen molar-refractivity contribution in [2.24, 2.45) is 0 Å². The molecule has 122 valence electrons. The monoisotopic (exact) mass is 322 g/mol. The van der Waals surface area contributed by atoms with Crippen molar-refractivity contribution < 1.29 is 9.21 Å². The van der Waals surface area contributed by atoms with E-state index in [2.05, 4.69) is 20.5 Å². The summed E-state index contributed by atoms with van der Waals surface area (Å²) in [6.07, 6.45) is 4.51. The minimum Gasteiger partial charge on any atom is -0.443 e. The van der Waals surface area contributed by atoms with Crippen LogP contribution in [0.1, 0.15) is 39.4 Å². The van der Waals surface area contributed by atoms with Crippen LogP contribution in [0.5, 0.6) is 0 Å². The number of hydrogen-bond donors (Lipinski definition) is 2. The lowest BCUT2D eigenvalue weighted by atomic mass is 10.1. The van der Waals surface area contributed by atoms with E-state index in [4.69, 9.17) is 4.42 Å². The maximum atomic E-state index is 12.5. The summed E-state index contributed by atoms with van der Waals surface area (Å²) in [7, 11) is 0. The van der Waals surface area contributed by atoms with Crippen LogP contribution in [-0.2, 0) is 19.4 Å². The van der Waals surface area contributed by atoms with E-state index in [-0.39, 0.29) is 5.91 Å². The Morgan fingerprint density at radius 2 is 2.12 bits per heavy atom. The number of carbonyl (C=O) groups excluding carboxylic acids is 1. The highest BCUT2D eigenvalue weighted by atomic mass is 16.3. The van der Waals surface area contributed by atoms with Crippen LogP contribution in [0.2, 0.25) is 0 Å². The van der Waals surface area contributed by atoms with Crippen LogP contribution in [0.15, 0.2) is 35.1 Å². The van der Waals surface area contributed by atoms with Gasteiger partial charge in [0.1, 0.15) is 0 Å². The highest BCUT2D eigenvalue weighted by Gasteiger charge is 2.21. The van der Waals surface area contributed by atoms with Crippen molar-refractivity contribution >= 4 is 5.91 Å². The average Bonchev–Trinajstić information content (AvgIpc) is 3.30. The maximum absolute atomic E-state index is 12.5. The molecule has 1 aromatic carbocycles. The van der Waals surface area contributed by atoms with E-state index in [0.29, 0.717) is 18.0 Å². The van der Waals surface area contributed by atoms with Gasteiger partial charge in [-0.3, -0.25) is 9.89 Å². The molecule has 0 radical (unpaired) electrons. The molecule has 4 rings (SSSR count). The zero-order valence-electron chi connectivity index (χ0n) is 13.4. The van der Waals surface area contributed by atoms with Gasteiger partial charge in [0.15, 0.2) is 17.8 Å². The minimum absolute atomic E-state index is 0.255. The Morgan fingerprint density at radius 3 is 2.96 bits per heavy atom. The predicted molar refractivity (Wildman–Crippen MR) is 88.5 cm³/mol. The fourth-order valence-corrected chi connectivity index (χ4v) is 3.10. The number of fused-ring (bicyclic) bond motifs is 1. The molecule has 1 aliphatic rings. The van der Waals surface area contributed by atoms with Crippen molar-refractivity contribution in [3.8, 4) is 11.3 Å². The summed E-state index contributed by atoms with van der Waals surface area (Å²) in [5.74, 6) is 0.230. The van der Waals surface area contributed by atoms with Crippen LogP contribution in [0, 0.1) is 6.92 Å². The quantitative estimate of drug-likeness (QED) is 0.773. The first kappa shape index (κ1) is 14.7. The number of rotatable bonds is 4. The molecular formula is C18H18N4O2. The van der Waals surface area contributed by atoms with Gasteiger partial charge in [-0.2, -0.15) is 5.10 Å². The van der Waals surface area contributed by atoms with Crippen LogP contribution in [0.25, 0.3) is 11.3 Å². The zero-order chi connectivity index (χ0) is 16.5. The summed E-state index contributed by atoms with van der Waals surface area (Å²) >= 11 is 0. The highest BCUT2D eigenvalue weighted by Crippen LogP contribution is 2.24. The number of aromatic amines is 1. The van der Waals surface area contributed by atoms with Gasteiger partial charge in [-0.25, -0.2) is 4.98 Å². The first-order valence-corrected chi connectivity index (χ1v) is 8.06. The molecule has 0 saturated carbocycles. The normalized spacial score (nSPS) is 13.0. The summed E-state index contributed by atoms with van der Waals surface area (Å²) in [5.41, 5.74) is 5.64. The molecule has 0 saturated heterocycles. The predicted octanol–water partition coefficient (Wildman–Crippen LogP) is 2.79. The molecule has 1 aliphatic carbocycles. The molecule has 0 spiro atoms. The smallest absolute Gasteiger partial charge is 0.274 e. The molecule has 2 heterocycles. The Kier molecular flexibility index (Phi) is 3.65. The van der Waals surface area contributed by atoms with Crippen molar-refractivity contribution in [2.75, 3.05) is 0 Å². The number of carbonyl (C=O) groups is 1. The number of nitrogens with one attached hydrogen (secondary N) is 2. The van der Waals surface area contributed by atoms with E-state index in [0.717, 1.165) is 36.1 Å². The molecule has 0 unspecified atom stereocenters. The van der Waals surface area contributed by atoms with E-state index >= 15 is 0 Å². The summed E-state index contributed by atoms with van der Waals surface area (Å²) in [6, 6.07) is 7.81. The van der Waals surface area contributed by atoms with Crippen molar-refractivity contribution in [3.05, 3.63) is 58.9 Å². The maximum Gasteiger partial charge on any atom is 0.274 e. The van der Waals surface area contributed by atoms with Gasteiger partial charge >= 0.3 is 0 Å². The molecule has 24 heavy (non-hydrogen) atoms. The van der Waals surface area contributed by atoms with Crippen LogP contribution < -0.4 is 5.32 Å². The second kappa shape index (κ2) is 5.96. The van der Waals surface area contributed by atoms with E-state index in [1.165, 1.54) is 17.7 Å². The van der Waals surface area contributed by atoms with Gasteiger partial charge in [0.25, 0.3) is 5.91 Å². The Hall–Kier alpha value is -2.89. The molecular weight excluding hydrogens is 304 g/mol. The van der Waals surface area contributed by atoms with E-state index in [9.17, 15) is 4.79 Å². The first-order valence-electron chi connectivity index (χ1n) is 8.06. The Morgan fingerprint density at radius 1 is 1.29 bits per heavy atom. The summed E-state index contributed by atoms with van der Waals surface area (Å²) in [6.45, 7) is 2.41. The lowest BCUT2D eigenvalue weighted by molar-refractivity contribution is 0.0946. The van der Waals surface area contributed by atoms with Crippen molar-refractivity contribution in [1.29, 1.82) is 0 Å². The van der Waals surface area contributed by atoms with Gasteiger partial charge in [0.05, 0.1) is 12.2 Å². The number of benzene rings is 1. The lowest BCUT2D eigenvalue weighted by Crippen LogP contribution is -2.24. The van der Waals surface area contributed by atoms with Crippen molar-refractivity contribution in [1.82, 2.24) is 20.5 Å². The molecule has 1 amide bonds. The minimum atomic E-state index is -0.255. The van der Waals surface area contributed by atoms with E-state index < -0.39 is 0 Å². The zero-order valence-corrected chi connectivity index (χ0v) is 13.4. The highest BCUT2D eigenvalue weighted by molar-refractivity contribution is 5.97.